The summed E-state index contributed by atoms with van der Waals surface area (Å²) < 4.78 is 5.17. The average molecular weight is 261 g/mol. The fourth-order valence-corrected chi connectivity index (χ4v) is 1.80. The number of carbonyl (C=O) groups excluding carboxylic acids is 2. The summed E-state index contributed by atoms with van der Waals surface area (Å²) in [6.07, 6.45) is 0.209. The van der Waals surface area contributed by atoms with Crippen LogP contribution in [-0.2, 0) is 4.79 Å². The van der Waals surface area contributed by atoms with Gasteiger partial charge in [-0.1, -0.05) is 5.11 Å². The smallest absolute Gasteiger partial charge is 0.328 e. The van der Waals surface area contributed by atoms with Crippen LogP contribution in [0.2, 0.25) is 0 Å². The second-order valence-corrected chi connectivity index (χ2v) is 3.80. The van der Waals surface area contributed by atoms with Crippen LogP contribution >= 0.6 is 0 Å². The van der Waals surface area contributed by atoms with Gasteiger partial charge < -0.3 is 4.74 Å². The highest BCUT2D eigenvalue weighted by atomic mass is 16.5. The van der Waals surface area contributed by atoms with Gasteiger partial charge in [0.1, 0.15) is 5.75 Å². The Bertz CT molecular complexity index is 580. The Morgan fingerprint density at radius 3 is 2.89 bits per heavy atom. The van der Waals surface area contributed by atoms with Crippen molar-refractivity contribution in [1.82, 2.24) is 5.32 Å². The maximum atomic E-state index is 11.8. The SMILES string of the molecule is COc1ccc(N=[N+]=[N-])cc1N1CCC(=O)NC1=O. The van der Waals surface area contributed by atoms with Gasteiger partial charge in [0.05, 0.1) is 12.8 Å². The largest absolute Gasteiger partial charge is 0.495 e. The van der Waals surface area contributed by atoms with E-state index >= 15 is 0 Å². The van der Waals surface area contributed by atoms with Gasteiger partial charge >= 0.3 is 6.03 Å². The molecule has 0 saturated carbocycles. The Hall–Kier alpha value is -2.73. The van der Waals surface area contributed by atoms with Crippen molar-refractivity contribution in [2.45, 2.75) is 6.42 Å². The summed E-state index contributed by atoms with van der Waals surface area (Å²) in [5, 5.41) is 5.70. The Balaban J connectivity index is 2.41. The van der Waals surface area contributed by atoms with Crippen molar-refractivity contribution in [2.75, 3.05) is 18.6 Å². The monoisotopic (exact) mass is 261 g/mol. The van der Waals surface area contributed by atoms with Crippen molar-refractivity contribution >= 4 is 23.3 Å². The number of carbonyl (C=O) groups is 2. The average Bonchev–Trinajstić information content (AvgIpc) is 2.39. The minimum absolute atomic E-state index is 0.209. The highest BCUT2D eigenvalue weighted by Gasteiger charge is 2.26. The van der Waals surface area contributed by atoms with Crippen LogP contribution in [-0.4, -0.2) is 25.6 Å². The van der Waals surface area contributed by atoms with Crippen molar-refractivity contribution in [2.24, 2.45) is 5.11 Å². The minimum Gasteiger partial charge on any atom is -0.495 e. The molecule has 1 saturated heterocycles. The molecule has 0 aromatic heterocycles. The number of nitrogens with one attached hydrogen (secondary N) is 1. The summed E-state index contributed by atoms with van der Waals surface area (Å²) >= 11 is 0. The van der Waals surface area contributed by atoms with Crippen LogP contribution in [0, 0.1) is 0 Å². The molecule has 1 aromatic carbocycles. The number of rotatable bonds is 3. The van der Waals surface area contributed by atoms with Gasteiger partial charge in [0.25, 0.3) is 0 Å². The quantitative estimate of drug-likeness (QED) is 0.511. The first-order chi connectivity index (χ1) is 9.15. The maximum Gasteiger partial charge on any atom is 0.328 e. The van der Waals surface area contributed by atoms with E-state index in [0.29, 0.717) is 17.1 Å². The molecule has 8 heteroatoms. The van der Waals surface area contributed by atoms with Gasteiger partial charge in [0.2, 0.25) is 5.91 Å². The lowest BCUT2D eigenvalue weighted by Crippen LogP contribution is -2.49. The summed E-state index contributed by atoms with van der Waals surface area (Å²) in [7, 11) is 1.47. The molecule has 98 valence electrons. The Labute approximate surface area is 108 Å². The Kier molecular flexibility index (Phi) is 3.53. The van der Waals surface area contributed by atoms with Crippen molar-refractivity contribution in [3.63, 3.8) is 0 Å². The van der Waals surface area contributed by atoms with E-state index in [1.54, 1.807) is 12.1 Å². The molecule has 1 heterocycles. The summed E-state index contributed by atoms with van der Waals surface area (Å²) in [4.78, 5) is 27.0. The molecular formula is C11H11N5O3. The third-order valence-corrected chi connectivity index (χ3v) is 2.67. The summed E-state index contributed by atoms with van der Waals surface area (Å²) in [6.45, 7) is 0.251. The van der Waals surface area contributed by atoms with E-state index in [9.17, 15) is 9.59 Å². The lowest BCUT2D eigenvalue weighted by molar-refractivity contribution is -0.120. The molecule has 0 aliphatic carbocycles. The van der Waals surface area contributed by atoms with Crippen molar-refractivity contribution in [3.05, 3.63) is 28.6 Å². The van der Waals surface area contributed by atoms with Crippen molar-refractivity contribution in [1.29, 1.82) is 0 Å². The van der Waals surface area contributed by atoms with E-state index in [1.807, 2.05) is 0 Å². The predicted molar refractivity (Wildman–Crippen MR) is 67.3 cm³/mol. The fraction of sp³-hybridized carbons (Fsp3) is 0.273. The standard InChI is InChI=1S/C11H11N5O3/c1-19-9-3-2-7(14-15-12)6-8(9)16-5-4-10(17)13-11(16)18/h2-3,6H,4-5H2,1H3,(H,13,17,18). The number of ether oxygens (including phenoxy) is 1. The molecule has 1 aliphatic heterocycles. The topological polar surface area (TPSA) is 107 Å². The van der Waals surface area contributed by atoms with Gasteiger partial charge in [0.15, 0.2) is 0 Å². The van der Waals surface area contributed by atoms with Crippen LogP contribution in [0.15, 0.2) is 23.3 Å². The van der Waals surface area contributed by atoms with Gasteiger partial charge in [-0.05, 0) is 23.7 Å². The van der Waals surface area contributed by atoms with Crippen LogP contribution in [0.25, 0.3) is 10.4 Å². The predicted octanol–water partition coefficient (Wildman–Crippen LogP) is 2.08. The maximum absolute atomic E-state index is 11.8. The third kappa shape index (κ3) is 2.58. The Morgan fingerprint density at radius 2 is 2.26 bits per heavy atom. The van der Waals surface area contributed by atoms with Gasteiger partial charge in [0, 0.05) is 23.6 Å². The number of nitrogens with zero attached hydrogens (tertiary/aromatic N) is 4. The van der Waals surface area contributed by atoms with Crippen molar-refractivity contribution < 1.29 is 14.3 Å². The second-order valence-electron chi connectivity index (χ2n) is 3.80. The number of amides is 3. The van der Waals surface area contributed by atoms with E-state index in [0.717, 1.165) is 0 Å². The highest BCUT2D eigenvalue weighted by Crippen LogP contribution is 2.33. The van der Waals surface area contributed by atoms with Crippen LogP contribution in [0.1, 0.15) is 6.42 Å². The van der Waals surface area contributed by atoms with E-state index < -0.39 is 6.03 Å². The first-order valence-electron chi connectivity index (χ1n) is 5.50. The van der Waals surface area contributed by atoms with Gasteiger partial charge in [-0.15, -0.1) is 0 Å². The lowest BCUT2D eigenvalue weighted by atomic mass is 10.2. The molecule has 2 rings (SSSR count). The number of anilines is 1. The molecule has 0 bridgehead atoms. The van der Waals surface area contributed by atoms with E-state index in [1.165, 1.54) is 18.1 Å². The molecule has 1 fully saturated rings. The first kappa shape index (κ1) is 12.7. The fourth-order valence-electron chi connectivity index (χ4n) is 1.80. The molecule has 0 unspecified atom stereocenters. The van der Waals surface area contributed by atoms with E-state index in [2.05, 4.69) is 15.3 Å². The molecule has 1 aromatic rings. The number of methoxy groups -OCH3 is 1. The normalized spacial score (nSPS) is 14.7. The summed E-state index contributed by atoms with van der Waals surface area (Å²) in [5.41, 5.74) is 9.24. The van der Waals surface area contributed by atoms with E-state index in [4.69, 9.17) is 10.3 Å². The summed E-state index contributed by atoms with van der Waals surface area (Å²) in [6, 6.07) is 4.19. The zero-order chi connectivity index (χ0) is 13.8. The molecule has 0 atom stereocenters. The van der Waals surface area contributed by atoms with Crippen LogP contribution in [0.4, 0.5) is 16.2 Å². The van der Waals surface area contributed by atoms with Crippen molar-refractivity contribution in [3.8, 4) is 5.75 Å². The van der Waals surface area contributed by atoms with Crippen LogP contribution in [0.5, 0.6) is 5.75 Å². The number of hydrogen-bond donors (Lipinski definition) is 1. The molecule has 0 spiro atoms. The number of benzene rings is 1. The lowest BCUT2D eigenvalue weighted by Gasteiger charge is -2.27. The zero-order valence-corrected chi connectivity index (χ0v) is 10.2. The molecule has 1 aliphatic rings. The summed E-state index contributed by atoms with van der Waals surface area (Å²) in [5.74, 6) is 0.146. The third-order valence-electron chi connectivity index (χ3n) is 2.67. The van der Waals surface area contributed by atoms with Crippen LogP contribution < -0.4 is 15.0 Å². The van der Waals surface area contributed by atoms with Gasteiger partial charge in [-0.2, -0.15) is 0 Å². The van der Waals surface area contributed by atoms with E-state index in [-0.39, 0.29) is 18.9 Å². The number of azide groups is 1. The minimum atomic E-state index is -0.521. The number of imide groups is 1. The van der Waals surface area contributed by atoms with Gasteiger partial charge in [-0.3, -0.25) is 15.0 Å². The molecule has 19 heavy (non-hydrogen) atoms. The molecule has 8 nitrogen and oxygen atoms in total. The molecule has 0 radical (unpaired) electrons. The van der Waals surface area contributed by atoms with Crippen LogP contribution in [0.3, 0.4) is 0 Å². The number of hydrogen-bond acceptors (Lipinski definition) is 4. The number of urea groups is 1. The van der Waals surface area contributed by atoms with Gasteiger partial charge in [-0.25, -0.2) is 4.79 Å². The molecular weight excluding hydrogens is 250 g/mol. The molecule has 3 amide bonds. The Morgan fingerprint density at radius 1 is 1.47 bits per heavy atom. The highest BCUT2D eigenvalue weighted by molar-refractivity contribution is 6.06. The second kappa shape index (κ2) is 5.28. The molecule has 1 N–H and O–H groups in total. The zero-order valence-electron chi connectivity index (χ0n) is 10.2. The first-order valence-corrected chi connectivity index (χ1v) is 5.50.